The van der Waals surface area contributed by atoms with Crippen molar-refractivity contribution in [3.63, 3.8) is 0 Å². The number of nitriles is 1. The Bertz CT molecular complexity index is 864. The Morgan fingerprint density at radius 3 is 2.23 bits per heavy atom. The van der Waals surface area contributed by atoms with E-state index in [1.807, 2.05) is 19.9 Å². The Labute approximate surface area is 180 Å². The van der Waals surface area contributed by atoms with Crippen molar-refractivity contribution < 1.29 is 29.5 Å². The first kappa shape index (κ1) is 25.4. The standard InChI is InChI=1S/C21H27N3O7/c1-3-5-7-9-23(10-8-6-4-2)20(26)16(14-22)11-15-12-17(24(29)30)19(25)18(13-15)31-21(27)28/h11-13,25H,3-10H2,1-2H3,(H,27,28)/b16-11+. The molecule has 0 aromatic heterocycles. The van der Waals surface area contributed by atoms with Gasteiger partial charge >= 0.3 is 11.8 Å². The molecule has 0 aliphatic rings. The van der Waals surface area contributed by atoms with E-state index < -0.39 is 34.2 Å². The van der Waals surface area contributed by atoms with E-state index in [2.05, 4.69) is 4.74 Å². The maximum atomic E-state index is 12.9. The third-order valence-corrected chi connectivity index (χ3v) is 4.48. The van der Waals surface area contributed by atoms with Crippen LogP contribution in [0.15, 0.2) is 17.7 Å². The molecule has 0 unspecified atom stereocenters. The zero-order chi connectivity index (χ0) is 23.4. The molecule has 0 saturated carbocycles. The zero-order valence-corrected chi connectivity index (χ0v) is 17.7. The summed E-state index contributed by atoms with van der Waals surface area (Å²) < 4.78 is 4.39. The van der Waals surface area contributed by atoms with E-state index in [1.54, 1.807) is 4.90 Å². The smallest absolute Gasteiger partial charge is 0.499 e. The van der Waals surface area contributed by atoms with E-state index in [9.17, 15) is 30.1 Å². The van der Waals surface area contributed by atoms with E-state index >= 15 is 0 Å². The maximum Gasteiger partial charge on any atom is 0.511 e. The summed E-state index contributed by atoms with van der Waals surface area (Å²) in [4.78, 5) is 35.6. The minimum atomic E-state index is -1.78. The summed E-state index contributed by atoms with van der Waals surface area (Å²) in [5.74, 6) is -2.14. The number of phenols is 1. The second-order valence-electron chi connectivity index (χ2n) is 6.89. The van der Waals surface area contributed by atoms with E-state index in [1.165, 1.54) is 0 Å². The van der Waals surface area contributed by atoms with E-state index in [0.29, 0.717) is 13.1 Å². The van der Waals surface area contributed by atoms with Crippen molar-refractivity contribution in [2.75, 3.05) is 13.1 Å². The van der Waals surface area contributed by atoms with Gasteiger partial charge in [0.2, 0.25) is 5.75 Å². The van der Waals surface area contributed by atoms with Gasteiger partial charge < -0.3 is 19.8 Å². The van der Waals surface area contributed by atoms with Crippen LogP contribution in [0.5, 0.6) is 11.5 Å². The summed E-state index contributed by atoms with van der Waals surface area (Å²) in [5.41, 5.74) is -1.08. The van der Waals surface area contributed by atoms with Gasteiger partial charge in [-0.3, -0.25) is 14.9 Å². The highest BCUT2D eigenvalue weighted by Crippen LogP contribution is 2.37. The average Bonchev–Trinajstić information content (AvgIpc) is 2.72. The number of ether oxygens (including phenoxy) is 1. The molecule has 0 fully saturated rings. The first-order chi connectivity index (χ1) is 14.7. The fraction of sp³-hybridized carbons (Fsp3) is 0.476. The van der Waals surface area contributed by atoms with Crippen molar-refractivity contribution in [3.8, 4) is 17.6 Å². The topological polar surface area (TPSA) is 154 Å². The lowest BCUT2D eigenvalue weighted by Crippen LogP contribution is -2.33. The Morgan fingerprint density at radius 1 is 1.19 bits per heavy atom. The van der Waals surface area contributed by atoms with Gasteiger partial charge in [-0.1, -0.05) is 39.5 Å². The number of amides is 1. The van der Waals surface area contributed by atoms with Crippen LogP contribution < -0.4 is 4.74 Å². The molecule has 0 saturated heterocycles. The third kappa shape index (κ3) is 7.97. The summed E-state index contributed by atoms with van der Waals surface area (Å²) in [6, 6.07) is 3.77. The number of aromatic hydroxyl groups is 1. The summed E-state index contributed by atoms with van der Waals surface area (Å²) in [5, 5.41) is 39.4. The van der Waals surface area contributed by atoms with Crippen LogP contribution in [0.25, 0.3) is 6.08 Å². The van der Waals surface area contributed by atoms with Gasteiger partial charge in [0, 0.05) is 19.2 Å². The van der Waals surface area contributed by atoms with Gasteiger partial charge in [-0.2, -0.15) is 5.26 Å². The van der Waals surface area contributed by atoms with Crippen molar-refractivity contribution >= 4 is 23.8 Å². The van der Waals surface area contributed by atoms with E-state index in [4.69, 9.17) is 5.11 Å². The number of nitro benzene ring substituents is 1. The number of nitrogens with zero attached hydrogens (tertiary/aromatic N) is 3. The second kappa shape index (κ2) is 12.8. The SMILES string of the molecule is CCCCCN(CCCCC)C(=O)/C(C#N)=C/c1cc(OC(=O)O)c(O)c([N+](=O)[O-])c1. The maximum absolute atomic E-state index is 12.9. The van der Waals surface area contributed by atoms with Crippen molar-refractivity contribution in [1.82, 2.24) is 4.90 Å². The van der Waals surface area contributed by atoms with Crippen LogP contribution in [0, 0.1) is 21.4 Å². The molecule has 0 aliphatic heterocycles. The highest BCUT2D eigenvalue weighted by Gasteiger charge is 2.23. The lowest BCUT2D eigenvalue weighted by atomic mass is 10.1. The van der Waals surface area contributed by atoms with Crippen molar-refractivity contribution in [2.45, 2.75) is 52.4 Å². The first-order valence-electron chi connectivity index (χ1n) is 10.1. The molecule has 1 aromatic carbocycles. The van der Waals surface area contributed by atoms with Crippen LogP contribution in [0.4, 0.5) is 10.5 Å². The molecule has 0 aliphatic carbocycles. The van der Waals surface area contributed by atoms with Gasteiger partial charge in [0.05, 0.1) is 4.92 Å². The van der Waals surface area contributed by atoms with E-state index in [-0.39, 0.29) is 11.1 Å². The number of hydrogen-bond acceptors (Lipinski definition) is 7. The Balaban J connectivity index is 3.30. The Kier molecular flexibility index (Phi) is 10.5. The summed E-state index contributed by atoms with van der Waals surface area (Å²) in [7, 11) is 0. The minimum Gasteiger partial charge on any atom is -0.499 e. The molecule has 0 heterocycles. The summed E-state index contributed by atoms with van der Waals surface area (Å²) >= 11 is 0. The number of phenolic OH excluding ortho intramolecular Hbond substituents is 1. The number of carbonyl (C=O) groups excluding carboxylic acids is 1. The number of carbonyl (C=O) groups is 2. The Morgan fingerprint density at radius 2 is 1.77 bits per heavy atom. The molecule has 10 nitrogen and oxygen atoms in total. The summed E-state index contributed by atoms with van der Waals surface area (Å²) in [6.07, 6.45) is 4.73. The molecule has 1 amide bonds. The normalized spacial score (nSPS) is 10.9. The number of benzene rings is 1. The third-order valence-electron chi connectivity index (χ3n) is 4.48. The van der Waals surface area contributed by atoms with Crippen molar-refractivity contribution in [3.05, 3.63) is 33.4 Å². The number of hydrogen-bond donors (Lipinski definition) is 2. The van der Waals surface area contributed by atoms with Gasteiger partial charge in [-0.15, -0.1) is 0 Å². The highest BCUT2D eigenvalue weighted by molar-refractivity contribution is 6.01. The average molecular weight is 433 g/mol. The molecule has 0 spiro atoms. The van der Waals surface area contributed by atoms with E-state index in [0.717, 1.165) is 56.7 Å². The van der Waals surface area contributed by atoms with Crippen LogP contribution in [0.1, 0.15) is 57.9 Å². The first-order valence-corrected chi connectivity index (χ1v) is 10.1. The molecule has 0 atom stereocenters. The molecular weight excluding hydrogens is 406 g/mol. The van der Waals surface area contributed by atoms with Crippen molar-refractivity contribution in [1.29, 1.82) is 5.26 Å². The van der Waals surface area contributed by atoms with Crippen LogP contribution in [-0.4, -0.2) is 45.2 Å². The number of rotatable bonds is 12. The molecule has 2 N–H and O–H groups in total. The molecule has 168 valence electrons. The molecule has 1 rings (SSSR count). The number of unbranched alkanes of at least 4 members (excludes halogenated alkanes) is 4. The Hall–Kier alpha value is -3.61. The van der Waals surface area contributed by atoms with Gasteiger partial charge in [-0.05, 0) is 30.5 Å². The van der Waals surface area contributed by atoms with Gasteiger partial charge in [0.25, 0.3) is 5.91 Å². The highest BCUT2D eigenvalue weighted by atomic mass is 16.7. The predicted molar refractivity (Wildman–Crippen MR) is 113 cm³/mol. The number of nitro groups is 1. The van der Waals surface area contributed by atoms with Gasteiger partial charge in [0.15, 0.2) is 5.75 Å². The lowest BCUT2D eigenvalue weighted by molar-refractivity contribution is -0.385. The predicted octanol–water partition coefficient (Wildman–Crippen LogP) is 4.47. The fourth-order valence-electron chi connectivity index (χ4n) is 2.91. The molecule has 10 heteroatoms. The molecular formula is C21H27N3O7. The molecule has 0 bridgehead atoms. The fourth-order valence-corrected chi connectivity index (χ4v) is 2.91. The van der Waals surface area contributed by atoms with Crippen LogP contribution in [0.3, 0.4) is 0 Å². The lowest BCUT2D eigenvalue weighted by Gasteiger charge is -2.22. The van der Waals surface area contributed by atoms with Gasteiger partial charge in [-0.25, -0.2) is 4.79 Å². The minimum absolute atomic E-state index is 0.0206. The van der Waals surface area contributed by atoms with Crippen molar-refractivity contribution in [2.24, 2.45) is 0 Å². The summed E-state index contributed by atoms with van der Waals surface area (Å²) in [6.45, 7) is 5.05. The second-order valence-corrected chi connectivity index (χ2v) is 6.89. The largest absolute Gasteiger partial charge is 0.511 e. The van der Waals surface area contributed by atoms with Crippen LogP contribution in [0.2, 0.25) is 0 Å². The molecule has 0 radical (unpaired) electrons. The molecule has 31 heavy (non-hydrogen) atoms. The van der Waals surface area contributed by atoms with Gasteiger partial charge in [0.1, 0.15) is 11.6 Å². The quantitative estimate of drug-likeness (QED) is 0.0930. The van der Waals surface area contributed by atoms with Crippen LogP contribution >= 0.6 is 0 Å². The zero-order valence-electron chi connectivity index (χ0n) is 17.7. The van der Waals surface area contributed by atoms with Crippen LogP contribution in [-0.2, 0) is 4.79 Å². The number of carboxylic acid groups (broad SMARTS) is 1. The monoisotopic (exact) mass is 433 g/mol. The molecule has 1 aromatic rings.